The van der Waals surface area contributed by atoms with Gasteiger partial charge in [0.05, 0.1) is 35.9 Å². The summed E-state index contributed by atoms with van der Waals surface area (Å²) >= 11 is 0. The summed E-state index contributed by atoms with van der Waals surface area (Å²) in [6.07, 6.45) is 0.541. The second-order valence-corrected chi connectivity index (χ2v) is 11.9. The van der Waals surface area contributed by atoms with Gasteiger partial charge in [0.25, 0.3) is 0 Å². The lowest BCUT2D eigenvalue weighted by molar-refractivity contribution is 0.354. The van der Waals surface area contributed by atoms with Gasteiger partial charge in [0, 0.05) is 6.04 Å². The van der Waals surface area contributed by atoms with E-state index in [1.54, 1.807) is 13.2 Å². The van der Waals surface area contributed by atoms with Gasteiger partial charge in [-0.25, -0.2) is 21.2 Å². The third-order valence-electron chi connectivity index (χ3n) is 5.41. The smallest absolute Gasteiger partial charge is 0.184 e. The van der Waals surface area contributed by atoms with Crippen molar-refractivity contribution in [2.24, 2.45) is 0 Å². The van der Waals surface area contributed by atoms with Crippen LogP contribution >= 0.6 is 0 Å². The van der Waals surface area contributed by atoms with Crippen LogP contribution in [0.3, 0.4) is 0 Å². The van der Waals surface area contributed by atoms with Crippen molar-refractivity contribution in [1.29, 1.82) is 0 Å². The summed E-state index contributed by atoms with van der Waals surface area (Å²) in [6, 6.07) is 8.12. The molecule has 0 bridgehead atoms. The molecule has 2 atom stereocenters. The maximum atomic E-state index is 13.4. The summed E-state index contributed by atoms with van der Waals surface area (Å²) in [5.41, 5.74) is 1.19. The Morgan fingerprint density at radius 3 is 2.42 bits per heavy atom. The Kier molecular flexibility index (Phi) is 6.92. The SMILES string of the molecule is COc1ccc(CCN[C@H]2CS(=O)(=O)C[C@@H]2S(=O)(=O)c2ccc(F)cc2C)cc1OC. The van der Waals surface area contributed by atoms with Gasteiger partial charge in [0.15, 0.2) is 31.2 Å². The molecule has 1 aliphatic rings. The number of methoxy groups -OCH3 is 2. The summed E-state index contributed by atoms with van der Waals surface area (Å²) in [5, 5.41) is 1.97. The lowest BCUT2D eigenvalue weighted by Gasteiger charge is -2.21. The van der Waals surface area contributed by atoms with Crippen LogP contribution in [0.4, 0.5) is 4.39 Å². The lowest BCUT2D eigenvalue weighted by atomic mass is 10.1. The molecule has 31 heavy (non-hydrogen) atoms. The van der Waals surface area contributed by atoms with Crippen molar-refractivity contribution in [3.8, 4) is 11.5 Å². The van der Waals surface area contributed by atoms with Crippen LogP contribution in [0.15, 0.2) is 41.3 Å². The van der Waals surface area contributed by atoms with E-state index in [2.05, 4.69) is 5.32 Å². The second-order valence-electron chi connectivity index (χ2n) is 7.57. The van der Waals surface area contributed by atoms with E-state index in [0.717, 1.165) is 17.7 Å². The molecule has 1 fully saturated rings. The zero-order chi connectivity index (χ0) is 22.8. The highest BCUT2D eigenvalue weighted by Crippen LogP contribution is 2.29. The highest BCUT2D eigenvalue weighted by Gasteiger charge is 2.45. The molecule has 10 heteroatoms. The minimum Gasteiger partial charge on any atom is -0.493 e. The van der Waals surface area contributed by atoms with Crippen LogP contribution in [0.2, 0.25) is 0 Å². The van der Waals surface area contributed by atoms with Crippen LogP contribution in [-0.4, -0.2) is 60.4 Å². The van der Waals surface area contributed by atoms with Crippen molar-refractivity contribution >= 4 is 19.7 Å². The number of halogens is 1. The molecule has 2 aromatic rings. The highest BCUT2D eigenvalue weighted by molar-refractivity contribution is 7.96. The minimum absolute atomic E-state index is 0.0392. The topological polar surface area (TPSA) is 98.8 Å². The number of nitrogens with one attached hydrogen (secondary N) is 1. The Bertz CT molecular complexity index is 1160. The predicted octanol–water partition coefficient (Wildman–Crippen LogP) is 1.92. The molecule has 1 aliphatic heterocycles. The third-order valence-corrected chi connectivity index (χ3v) is 9.72. The summed E-state index contributed by atoms with van der Waals surface area (Å²) < 4.78 is 74.8. The van der Waals surface area contributed by atoms with Gasteiger partial charge in [0.1, 0.15) is 5.82 Å². The zero-order valence-electron chi connectivity index (χ0n) is 17.6. The minimum atomic E-state index is -3.97. The van der Waals surface area contributed by atoms with Crippen LogP contribution in [0.5, 0.6) is 11.5 Å². The Labute approximate surface area is 182 Å². The second kappa shape index (κ2) is 9.13. The number of benzene rings is 2. The maximum Gasteiger partial charge on any atom is 0.184 e. The normalized spacial score (nSPS) is 20.5. The van der Waals surface area contributed by atoms with Gasteiger partial charge in [-0.3, -0.25) is 0 Å². The molecule has 0 amide bonds. The molecule has 0 unspecified atom stereocenters. The molecule has 1 saturated heterocycles. The first kappa shape index (κ1) is 23.5. The van der Waals surface area contributed by atoms with E-state index >= 15 is 0 Å². The first-order valence-electron chi connectivity index (χ1n) is 9.72. The fourth-order valence-electron chi connectivity index (χ4n) is 3.84. The maximum absolute atomic E-state index is 13.4. The number of hydrogen-bond acceptors (Lipinski definition) is 7. The molecule has 0 aliphatic carbocycles. The molecule has 1 N–H and O–H groups in total. The first-order valence-corrected chi connectivity index (χ1v) is 13.1. The monoisotopic (exact) mass is 471 g/mol. The molecule has 3 rings (SSSR count). The number of ether oxygens (including phenoxy) is 2. The quantitative estimate of drug-likeness (QED) is 0.588. The van der Waals surface area contributed by atoms with Crippen molar-refractivity contribution in [2.75, 3.05) is 32.3 Å². The van der Waals surface area contributed by atoms with Crippen molar-refractivity contribution in [1.82, 2.24) is 5.32 Å². The van der Waals surface area contributed by atoms with Gasteiger partial charge in [0.2, 0.25) is 0 Å². The van der Waals surface area contributed by atoms with Crippen LogP contribution in [-0.2, 0) is 26.1 Å². The standard InChI is InChI=1S/C21H26FNO6S2/c1-14-10-16(22)5-7-20(14)31(26,27)21-13-30(24,25)12-17(21)23-9-8-15-4-6-18(28-2)19(11-15)29-3/h4-7,10-11,17,21,23H,8-9,12-13H2,1-3H3/t17-,21-/m0/s1. The van der Waals surface area contributed by atoms with E-state index in [-0.39, 0.29) is 16.2 Å². The molecule has 7 nitrogen and oxygen atoms in total. The summed E-state index contributed by atoms with van der Waals surface area (Å²) in [7, 11) is -4.41. The summed E-state index contributed by atoms with van der Waals surface area (Å²) in [5.74, 6) is -0.0822. The molecule has 170 valence electrons. The van der Waals surface area contributed by atoms with Crippen molar-refractivity contribution in [2.45, 2.75) is 29.5 Å². The zero-order valence-corrected chi connectivity index (χ0v) is 19.2. The number of rotatable bonds is 8. The van der Waals surface area contributed by atoms with Crippen molar-refractivity contribution < 1.29 is 30.7 Å². The van der Waals surface area contributed by atoms with E-state index in [4.69, 9.17) is 9.47 Å². The number of hydrogen-bond donors (Lipinski definition) is 1. The fourth-order valence-corrected chi connectivity index (χ4v) is 8.79. The Balaban J connectivity index is 1.77. The van der Waals surface area contributed by atoms with Crippen LogP contribution in [0.1, 0.15) is 11.1 Å². The molecule has 1 heterocycles. The van der Waals surface area contributed by atoms with Gasteiger partial charge in [-0.2, -0.15) is 0 Å². The number of sulfone groups is 2. The van der Waals surface area contributed by atoms with Crippen LogP contribution in [0.25, 0.3) is 0 Å². The largest absolute Gasteiger partial charge is 0.493 e. The summed E-state index contributed by atoms with van der Waals surface area (Å²) in [4.78, 5) is -0.0392. The predicted molar refractivity (Wildman–Crippen MR) is 116 cm³/mol. The van der Waals surface area contributed by atoms with Crippen molar-refractivity contribution in [3.05, 3.63) is 53.3 Å². The molecular weight excluding hydrogens is 445 g/mol. The molecule has 0 aromatic heterocycles. The Morgan fingerprint density at radius 1 is 1.06 bits per heavy atom. The fraction of sp³-hybridized carbons (Fsp3) is 0.429. The Hall–Kier alpha value is -2.17. The van der Waals surface area contributed by atoms with Gasteiger partial charge in [-0.05, 0) is 61.3 Å². The average Bonchev–Trinajstić information content (AvgIpc) is 3.02. The number of aryl methyl sites for hydroxylation is 1. The van der Waals surface area contributed by atoms with E-state index in [1.165, 1.54) is 20.1 Å². The molecular formula is C21H26FNO6S2. The molecule has 0 saturated carbocycles. The van der Waals surface area contributed by atoms with Crippen molar-refractivity contribution in [3.63, 3.8) is 0 Å². The van der Waals surface area contributed by atoms with Crippen LogP contribution < -0.4 is 14.8 Å². The lowest BCUT2D eigenvalue weighted by Crippen LogP contribution is -2.44. The van der Waals surface area contributed by atoms with E-state index in [1.807, 2.05) is 12.1 Å². The van der Waals surface area contributed by atoms with Gasteiger partial charge >= 0.3 is 0 Å². The van der Waals surface area contributed by atoms with E-state index in [9.17, 15) is 21.2 Å². The van der Waals surface area contributed by atoms with E-state index in [0.29, 0.717) is 24.5 Å². The van der Waals surface area contributed by atoms with Gasteiger partial charge < -0.3 is 14.8 Å². The third kappa shape index (κ3) is 5.19. The molecule has 2 aromatic carbocycles. The van der Waals surface area contributed by atoms with E-state index < -0.39 is 42.5 Å². The molecule has 0 spiro atoms. The van der Waals surface area contributed by atoms with Gasteiger partial charge in [-0.15, -0.1) is 0 Å². The summed E-state index contributed by atoms with van der Waals surface area (Å²) in [6.45, 7) is 1.88. The van der Waals surface area contributed by atoms with Gasteiger partial charge in [-0.1, -0.05) is 6.07 Å². The molecule has 0 radical (unpaired) electrons. The Morgan fingerprint density at radius 2 is 1.77 bits per heavy atom. The highest BCUT2D eigenvalue weighted by atomic mass is 32.2. The first-order chi connectivity index (χ1) is 14.6. The van der Waals surface area contributed by atoms with Crippen LogP contribution in [0, 0.1) is 12.7 Å². The average molecular weight is 472 g/mol.